The monoisotopic (exact) mass is 742 g/mol. The second-order valence-corrected chi connectivity index (χ2v) is 14.9. The van der Waals surface area contributed by atoms with Gasteiger partial charge in [-0.15, -0.1) is 0 Å². The molecule has 272 valence electrons. The molecule has 4 heteroatoms. The molecule has 0 unspecified atom stereocenters. The Morgan fingerprint density at radius 2 is 0.983 bits per heavy atom. The first-order valence-corrected chi connectivity index (χ1v) is 19.7. The predicted molar refractivity (Wildman–Crippen MR) is 241 cm³/mol. The Morgan fingerprint density at radius 1 is 0.362 bits per heavy atom. The van der Waals surface area contributed by atoms with Crippen molar-refractivity contribution in [3.63, 3.8) is 0 Å². The van der Waals surface area contributed by atoms with Crippen LogP contribution in [0, 0.1) is 0 Å². The number of rotatable bonds is 6. The van der Waals surface area contributed by atoms with E-state index in [2.05, 4.69) is 198 Å². The molecule has 58 heavy (non-hydrogen) atoms. The predicted octanol–water partition coefficient (Wildman–Crippen LogP) is 15.4. The molecular formula is C54H34N2O2. The standard InChI is InChI=1S/C54H34N2O2/c1-3-13-36(14-4-1)41-19-11-20-43-45-33-37(27-31-52(45)58-54(41)43)35-25-28-39(29-26-35)55(40-30-32-51-46(34-40)42-17-8-10-24-50(42)57-51)48-22-12-23-49-53(48)44-18-7-9-21-47(44)56(49)38-15-5-2-6-16-38/h1-34H. The summed E-state index contributed by atoms with van der Waals surface area (Å²) < 4.78 is 15.2. The van der Waals surface area contributed by atoms with E-state index in [1.54, 1.807) is 0 Å². The molecule has 0 aliphatic carbocycles. The number of benzene rings is 9. The molecule has 9 aromatic carbocycles. The van der Waals surface area contributed by atoms with E-state index >= 15 is 0 Å². The third-order valence-corrected chi connectivity index (χ3v) is 11.6. The fourth-order valence-electron chi connectivity index (χ4n) is 8.95. The van der Waals surface area contributed by atoms with Crippen molar-refractivity contribution >= 4 is 82.7 Å². The summed E-state index contributed by atoms with van der Waals surface area (Å²) in [6, 6.07) is 73.2. The molecule has 12 aromatic rings. The van der Waals surface area contributed by atoms with Gasteiger partial charge in [-0.3, -0.25) is 0 Å². The first kappa shape index (κ1) is 32.4. The van der Waals surface area contributed by atoms with Crippen molar-refractivity contribution in [2.75, 3.05) is 4.90 Å². The van der Waals surface area contributed by atoms with Crippen molar-refractivity contribution in [1.29, 1.82) is 0 Å². The molecule has 3 heterocycles. The van der Waals surface area contributed by atoms with Gasteiger partial charge in [0.2, 0.25) is 0 Å². The number of hydrogen-bond acceptors (Lipinski definition) is 3. The number of para-hydroxylation sites is 4. The van der Waals surface area contributed by atoms with Crippen molar-refractivity contribution in [2.45, 2.75) is 0 Å². The van der Waals surface area contributed by atoms with Gasteiger partial charge < -0.3 is 18.3 Å². The van der Waals surface area contributed by atoms with E-state index < -0.39 is 0 Å². The molecule has 0 amide bonds. The molecule has 0 aliphatic rings. The summed E-state index contributed by atoms with van der Waals surface area (Å²) in [6.07, 6.45) is 0. The zero-order valence-electron chi connectivity index (χ0n) is 31.3. The Kier molecular flexibility index (Phi) is 7.20. The van der Waals surface area contributed by atoms with Gasteiger partial charge in [0.25, 0.3) is 0 Å². The van der Waals surface area contributed by atoms with Crippen molar-refractivity contribution in [3.8, 4) is 27.9 Å². The molecule has 12 rings (SSSR count). The minimum absolute atomic E-state index is 0.872. The summed E-state index contributed by atoms with van der Waals surface area (Å²) in [5, 5.41) is 6.81. The normalized spacial score (nSPS) is 11.8. The van der Waals surface area contributed by atoms with E-state index in [0.717, 1.165) is 94.4 Å². The molecule has 0 bridgehead atoms. The Morgan fingerprint density at radius 3 is 1.84 bits per heavy atom. The van der Waals surface area contributed by atoms with Crippen LogP contribution in [-0.4, -0.2) is 4.57 Å². The molecular weight excluding hydrogens is 709 g/mol. The smallest absolute Gasteiger partial charge is 0.143 e. The Labute approximate surface area is 334 Å². The van der Waals surface area contributed by atoms with Gasteiger partial charge in [0.1, 0.15) is 22.3 Å². The van der Waals surface area contributed by atoms with Gasteiger partial charge in [-0.25, -0.2) is 0 Å². The number of anilines is 3. The van der Waals surface area contributed by atoms with Crippen LogP contribution in [0.1, 0.15) is 0 Å². The van der Waals surface area contributed by atoms with Crippen molar-refractivity contribution in [1.82, 2.24) is 4.57 Å². The number of nitrogens with zero attached hydrogens (tertiary/aromatic N) is 2. The summed E-state index contributed by atoms with van der Waals surface area (Å²) in [5.41, 5.74) is 14.7. The number of hydrogen-bond donors (Lipinski definition) is 0. The maximum atomic E-state index is 6.51. The van der Waals surface area contributed by atoms with E-state index in [0.29, 0.717) is 0 Å². The van der Waals surface area contributed by atoms with E-state index in [1.165, 1.54) is 16.3 Å². The van der Waals surface area contributed by atoms with Crippen LogP contribution in [0.2, 0.25) is 0 Å². The second kappa shape index (κ2) is 12.9. The number of aromatic nitrogens is 1. The third-order valence-electron chi connectivity index (χ3n) is 11.6. The molecule has 0 saturated carbocycles. The minimum atomic E-state index is 0.872. The van der Waals surface area contributed by atoms with Gasteiger partial charge in [-0.2, -0.15) is 0 Å². The lowest BCUT2D eigenvalue weighted by Crippen LogP contribution is -2.10. The highest BCUT2D eigenvalue weighted by atomic mass is 16.3. The summed E-state index contributed by atoms with van der Waals surface area (Å²) in [6.45, 7) is 0. The average Bonchev–Trinajstić information content (AvgIpc) is 3.97. The molecule has 0 spiro atoms. The summed E-state index contributed by atoms with van der Waals surface area (Å²) in [7, 11) is 0. The fourth-order valence-corrected chi connectivity index (χ4v) is 8.95. The summed E-state index contributed by atoms with van der Waals surface area (Å²) in [5.74, 6) is 0. The lowest BCUT2D eigenvalue weighted by atomic mass is 10.00. The van der Waals surface area contributed by atoms with Crippen LogP contribution in [-0.2, 0) is 0 Å². The minimum Gasteiger partial charge on any atom is -0.456 e. The van der Waals surface area contributed by atoms with E-state index in [-0.39, 0.29) is 0 Å². The summed E-state index contributed by atoms with van der Waals surface area (Å²) >= 11 is 0. The van der Waals surface area contributed by atoms with E-state index in [4.69, 9.17) is 8.83 Å². The molecule has 4 nitrogen and oxygen atoms in total. The van der Waals surface area contributed by atoms with Gasteiger partial charge in [0, 0.05) is 54.9 Å². The Balaban J connectivity index is 1.04. The van der Waals surface area contributed by atoms with Gasteiger partial charge in [-0.1, -0.05) is 127 Å². The lowest BCUT2D eigenvalue weighted by molar-refractivity contribution is 0.669. The molecule has 3 aromatic heterocycles. The first-order valence-electron chi connectivity index (χ1n) is 19.7. The quantitative estimate of drug-likeness (QED) is 0.170. The average molecular weight is 743 g/mol. The van der Waals surface area contributed by atoms with Crippen molar-refractivity contribution in [3.05, 3.63) is 206 Å². The van der Waals surface area contributed by atoms with Crippen LogP contribution >= 0.6 is 0 Å². The maximum absolute atomic E-state index is 6.51. The van der Waals surface area contributed by atoms with E-state index in [9.17, 15) is 0 Å². The van der Waals surface area contributed by atoms with Crippen molar-refractivity contribution < 1.29 is 8.83 Å². The fraction of sp³-hybridized carbons (Fsp3) is 0. The molecule has 0 radical (unpaired) electrons. The Hall–Kier alpha value is -7.82. The number of fused-ring (bicyclic) bond motifs is 9. The molecule has 0 atom stereocenters. The maximum Gasteiger partial charge on any atom is 0.143 e. The van der Waals surface area contributed by atoms with Crippen molar-refractivity contribution in [2.24, 2.45) is 0 Å². The zero-order valence-corrected chi connectivity index (χ0v) is 31.3. The first-order chi connectivity index (χ1) is 28.8. The van der Waals surface area contributed by atoms with Crippen LogP contribution in [0.3, 0.4) is 0 Å². The van der Waals surface area contributed by atoms with Gasteiger partial charge in [0.05, 0.1) is 16.7 Å². The van der Waals surface area contributed by atoms with Gasteiger partial charge in [-0.05, 0) is 95.6 Å². The van der Waals surface area contributed by atoms with Crippen LogP contribution in [0.5, 0.6) is 0 Å². The second-order valence-electron chi connectivity index (χ2n) is 14.9. The third kappa shape index (κ3) is 5.02. The largest absolute Gasteiger partial charge is 0.456 e. The highest BCUT2D eigenvalue weighted by Crippen LogP contribution is 2.46. The van der Waals surface area contributed by atoms with Crippen LogP contribution in [0.25, 0.3) is 93.6 Å². The molecule has 0 saturated heterocycles. The number of furan rings is 2. The lowest BCUT2D eigenvalue weighted by Gasteiger charge is -2.27. The van der Waals surface area contributed by atoms with E-state index in [1.807, 2.05) is 18.2 Å². The highest BCUT2D eigenvalue weighted by molar-refractivity contribution is 6.17. The van der Waals surface area contributed by atoms with Gasteiger partial charge >= 0.3 is 0 Å². The summed E-state index contributed by atoms with van der Waals surface area (Å²) in [4.78, 5) is 2.40. The van der Waals surface area contributed by atoms with Crippen LogP contribution in [0.4, 0.5) is 17.1 Å². The molecule has 0 N–H and O–H groups in total. The highest BCUT2D eigenvalue weighted by Gasteiger charge is 2.22. The topological polar surface area (TPSA) is 34.5 Å². The molecule has 0 aliphatic heterocycles. The van der Waals surface area contributed by atoms with Gasteiger partial charge in [0.15, 0.2) is 0 Å². The molecule has 0 fully saturated rings. The Bertz CT molecular complexity index is 3500. The van der Waals surface area contributed by atoms with Crippen LogP contribution < -0.4 is 4.90 Å². The zero-order chi connectivity index (χ0) is 38.2. The SMILES string of the molecule is c1ccc(-c2cccc3c2oc2ccc(-c4ccc(N(c5ccc6oc7ccccc7c6c5)c5cccc6c5c5ccccc5n6-c5ccccc5)cc4)cc23)cc1. The van der Waals surface area contributed by atoms with Crippen LogP contribution in [0.15, 0.2) is 215 Å².